The van der Waals surface area contributed by atoms with Gasteiger partial charge in [-0.15, -0.1) is 0 Å². The molecule has 0 fully saturated rings. The Hall–Kier alpha value is -2.57. The average Bonchev–Trinajstić information content (AvgIpc) is 2.60. The van der Waals surface area contributed by atoms with Gasteiger partial charge in [0.05, 0.1) is 6.61 Å². The van der Waals surface area contributed by atoms with Gasteiger partial charge in [-0.25, -0.2) is 4.79 Å². The Morgan fingerprint density at radius 3 is 2.28 bits per heavy atom. The van der Waals surface area contributed by atoms with E-state index in [9.17, 15) is 14.4 Å². The zero-order valence-electron chi connectivity index (χ0n) is 14.8. The molecule has 0 radical (unpaired) electrons. The van der Waals surface area contributed by atoms with Gasteiger partial charge in [-0.05, 0) is 44.0 Å². The summed E-state index contributed by atoms with van der Waals surface area (Å²) in [5.74, 6) is 0.134. The van der Waals surface area contributed by atoms with E-state index in [1.54, 1.807) is 19.1 Å². The summed E-state index contributed by atoms with van der Waals surface area (Å²) < 4.78 is 9.59. The van der Waals surface area contributed by atoms with E-state index in [0.717, 1.165) is 12.8 Å². The second-order valence-corrected chi connectivity index (χ2v) is 5.37. The Morgan fingerprint density at radius 2 is 1.64 bits per heavy atom. The molecule has 0 aromatic heterocycles. The van der Waals surface area contributed by atoms with Gasteiger partial charge >= 0.3 is 6.16 Å². The molecule has 0 saturated heterocycles. The fraction of sp³-hybridized carbons (Fsp3) is 0.500. The molecule has 1 aromatic carbocycles. The predicted molar refractivity (Wildman–Crippen MR) is 93.6 cm³/mol. The van der Waals surface area contributed by atoms with E-state index in [2.05, 4.69) is 15.4 Å². The molecule has 0 saturated carbocycles. The van der Waals surface area contributed by atoms with Crippen LogP contribution >= 0.6 is 0 Å². The fourth-order valence-corrected chi connectivity index (χ4v) is 1.96. The van der Waals surface area contributed by atoms with E-state index >= 15 is 0 Å². The first-order valence-electron chi connectivity index (χ1n) is 8.56. The SMILES string of the molecule is CCCCC(=O)NCCCNC(=O)c1ccc(OC(=O)OCC)cc1. The van der Waals surface area contributed by atoms with E-state index in [1.165, 1.54) is 12.1 Å². The first-order chi connectivity index (χ1) is 12.1. The van der Waals surface area contributed by atoms with Gasteiger partial charge in [0.1, 0.15) is 5.75 Å². The summed E-state index contributed by atoms with van der Waals surface area (Å²) in [7, 11) is 0. The second kappa shape index (κ2) is 11.9. The van der Waals surface area contributed by atoms with Gasteiger partial charge < -0.3 is 20.1 Å². The van der Waals surface area contributed by atoms with Crippen LogP contribution in [0.4, 0.5) is 4.79 Å². The van der Waals surface area contributed by atoms with Crippen LogP contribution in [0.5, 0.6) is 5.75 Å². The minimum Gasteiger partial charge on any atom is -0.434 e. The summed E-state index contributed by atoms with van der Waals surface area (Å²) >= 11 is 0. The second-order valence-electron chi connectivity index (χ2n) is 5.37. The summed E-state index contributed by atoms with van der Waals surface area (Å²) in [5.41, 5.74) is 0.461. The molecule has 7 heteroatoms. The highest BCUT2D eigenvalue weighted by atomic mass is 16.7. The molecule has 0 aliphatic rings. The van der Waals surface area contributed by atoms with Crippen molar-refractivity contribution in [2.45, 2.75) is 39.5 Å². The summed E-state index contributed by atoms with van der Waals surface area (Å²) in [4.78, 5) is 34.6. The zero-order chi connectivity index (χ0) is 18.5. The van der Waals surface area contributed by atoms with Crippen molar-refractivity contribution in [3.05, 3.63) is 29.8 Å². The van der Waals surface area contributed by atoms with Gasteiger partial charge in [0.2, 0.25) is 5.91 Å². The summed E-state index contributed by atoms with van der Waals surface area (Å²) in [5, 5.41) is 5.59. The topological polar surface area (TPSA) is 93.7 Å². The number of hydrogen-bond donors (Lipinski definition) is 2. The minimum atomic E-state index is -0.777. The Balaban J connectivity index is 2.26. The molecule has 1 aromatic rings. The summed E-state index contributed by atoms with van der Waals surface area (Å²) in [6, 6.07) is 6.19. The standard InChI is InChI=1S/C18H26N2O5/c1-3-5-7-16(21)19-12-6-13-20-17(22)14-8-10-15(11-9-14)25-18(23)24-4-2/h8-11H,3-7,12-13H2,1-2H3,(H,19,21)(H,20,22). The lowest BCUT2D eigenvalue weighted by Gasteiger charge is -2.08. The number of rotatable bonds is 10. The molecule has 0 heterocycles. The first-order valence-corrected chi connectivity index (χ1v) is 8.56. The maximum atomic E-state index is 12.0. The van der Waals surface area contributed by atoms with Crippen molar-refractivity contribution < 1.29 is 23.9 Å². The van der Waals surface area contributed by atoms with Crippen molar-refractivity contribution in [3.8, 4) is 5.75 Å². The third kappa shape index (κ3) is 8.74. The first kappa shape index (κ1) is 20.5. The van der Waals surface area contributed by atoms with Crippen molar-refractivity contribution >= 4 is 18.0 Å². The largest absolute Gasteiger partial charge is 0.513 e. The molecular weight excluding hydrogens is 324 g/mol. The molecule has 25 heavy (non-hydrogen) atoms. The highest BCUT2D eigenvalue weighted by Crippen LogP contribution is 2.12. The maximum Gasteiger partial charge on any atom is 0.513 e. The fourth-order valence-electron chi connectivity index (χ4n) is 1.96. The number of amides is 2. The lowest BCUT2D eigenvalue weighted by atomic mass is 10.2. The van der Waals surface area contributed by atoms with E-state index in [-0.39, 0.29) is 18.4 Å². The van der Waals surface area contributed by atoms with Crippen LogP contribution in [-0.4, -0.2) is 37.7 Å². The van der Waals surface area contributed by atoms with Crippen molar-refractivity contribution in [3.63, 3.8) is 0 Å². The van der Waals surface area contributed by atoms with E-state index in [1.807, 2.05) is 6.92 Å². The summed E-state index contributed by atoms with van der Waals surface area (Å²) in [6.45, 7) is 4.96. The zero-order valence-corrected chi connectivity index (χ0v) is 14.8. The predicted octanol–water partition coefficient (Wildman–Crippen LogP) is 2.65. The van der Waals surface area contributed by atoms with Crippen LogP contribution in [0.3, 0.4) is 0 Å². The van der Waals surface area contributed by atoms with Gasteiger partial charge in [0, 0.05) is 25.1 Å². The quantitative estimate of drug-likeness (QED) is 0.384. The van der Waals surface area contributed by atoms with Crippen molar-refractivity contribution in [2.24, 2.45) is 0 Å². The lowest BCUT2D eigenvalue weighted by molar-refractivity contribution is -0.121. The number of benzene rings is 1. The monoisotopic (exact) mass is 350 g/mol. The molecule has 0 unspecified atom stereocenters. The average molecular weight is 350 g/mol. The van der Waals surface area contributed by atoms with Crippen LogP contribution < -0.4 is 15.4 Å². The highest BCUT2D eigenvalue weighted by molar-refractivity contribution is 5.94. The van der Waals surface area contributed by atoms with Crippen molar-refractivity contribution in [2.75, 3.05) is 19.7 Å². The molecule has 138 valence electrons. The summed E-state index contributed by atoms with van der Waals surface area (Å²) in [6.07, 6.45) is 2.31. The Morgan fingerprint density at radius 1 is 0.960 bits per heavy atom. The highest BCUT2D eigenvalue weighted by Gasteiger charge is 2.08. The normalized spacial score (nSPS) is 10.0. The van der Waals surface area contributed by atoms with Gasteiger partial charge in [0.25, 0.3) is 5.91 Å². The van der Waals surface area contributed by atoms with Crippen molar-refractivity contribution in [1.82, 2.24) is 10.6 Å². The third-order valence-electron chi connectivity index (χ3n) is 3.30. The molecule has 7 nitrogen and oxygen atoms in total. The minimum absolute atomic E-state index is 0.0466. The van der Waals surface area contributed by atoms with Gasteiger partial charge in [-0.3, -0.25) is 9.59 Å². The van der Waals surface area contributed by atoms with Crippen LogP contribution in [-0.2, 0) is 9.53 Å². The molecule has 0 aliphatic carbocycles. The molecule has 2 N–H and O–H groups in total. The van der Waals surface area contributed by atoms with E-state index in [4.69, 9.17) is 4.74 Å². The van der Waals surface area contributed by atoms with Crippen LogP contribution in [0.1, 0.15) is 49.9 Å². The number of nitrogens with one attached hydrogen (secondary N) is 2. The van der Waals surface area contributed by atoms with Crippen LogP contribution in [0.25, 0.3) is 0 Å². The molecule has 0 aliphatic heterocycles. The number of carbonyl (C=O) groups excluding carboxylic acids is 3. The van der Waals surface area contributed by atoms with Gasteiger partial charge in [-0.2, -0.15) is 0 Å². The molecule has 0 bridgehead atoms. The molecule has 0 spiro atoms. The van der Waals surface area contributed by atoms with E-state index < -0.39 is 6.16 Å². The molecule has 2 amide bonds. The molecular formula is C18H26N2O5. The number of unbranched alkanes of at least 4 members (excludes halogenated alkanes) is 1. The van der Waals surface area contributed by atoms with Crippen LogP contribution in [0.2, 0.25) is 0 Å². The maximum absolute atomic E-state index is 12.0. The molecule has 0 atom stereocenters. The van der Waals surface area contributed by atoms with Crippen LogP contribution in [0, 0.1) is 0 Å². The van der Waals surface area contributed by atoms with Crippen molar-refractivity contribution in [1.29, 1.82) is 0 Å². The van der Waals surface area contributed by atoms with Gasteiger partial charge in [0.15, 0.2) is 0 Å². The number of ether oxygens (including phenoxy) is 2. The Bertz CT molecular complexity index is 557. The Kier molecular flexibility index (Phi) is 9.74. The third-order valence-corrected chi connectivity index (χ3v) is 3.30. The Labute approximate surface area is 148 Å². The smallest absolute Gasteiger partial charge is 0.434 e. The number of hydrogen-bond acceptors (Lipinski definition) is 5. The lowest BCUT2D eigenvalue weighted by Crippen LogP contribution is -2.29. The van der Waals surface area contributed by atoms with E-state index in [0.29, 0.717) is 37.2 Å². The molecule has 1 rings (SSSR count). The van der Waals surface area contributed by atoms with Gasteiger partial charge in [-0.1, -0.05) is 13.3 Å². The number of carbonyl (C=O) groups is 3. The van der Waals surface area contributed by atoms with Crippen LogP contribution in [0.15, 0.2) is 24.3 Å².